The Morgan fingerprint density at radius 2 is 2.36 bits per heavy atom. The van der Waals surface area contributed by atoms with E-state index < -0.39 is 0 Å². The Kier molecular flexibility index (Phi) is 5.70. The van der Waals surface area contributed by atoms with E-state index in [-0.39, 0.29) is 18.0 Å². The van der Waals surface area contributed by atoms with Crippen LogP contribution in [0.25, 0.3) is 0 Å². The van der Waals surface area contributed by atoms with Crippen molar-refractivity contribution in [3.63, 3.8) is 0 Å². The lowest BCUT2D eigenvalue weighted by Crippen LogP contribution is -2.52. The first kappa shape index (κ1) is 17.5. The topological polar surface area (TPSA) is 70.5 Å². The molecule has 1 saturated heterocycles. The summed E-state index contributed by atoms with van der Waals surface area (Å²) in [5.74, 6) is 0.0578. The van der Waals surface area contributed by atoms with Crippen LogP contribution in [0.15, 0.2) is 36.2 Å². The van der Waals surface area contributed by atoms with Gasteiger partial charge in [0, 0.05) is 51.7 Å². The number of amides is 3. The number of carbonyl (C=O) groups is 2. The molecule has 2 aromatic heterocycles. The van der Waals surface area contributed by atoms with Crippen LogP contribution in [0, 0.1) is 0 Å². The molecule has 3 amide bonds. The first-order valence-electron chi connectivity index (χ1n) is 8.43. The Hall–Kier alpha value is -2.35. The molecule has 134 valence electrons. The summed E-state index contributed by atoms with van der Waals surface area (Å²) in [5, 5.41) is 4.96. The minimum absolute atomic E-state index is 0.000794. The van der Waals surface area contributed by atoms with E-state index in [1.54, 1.807) is 24.5 Å². The molecule has 0 unspecified atom stereocenters. The Morgan fingerprint density at radius 3 is 3.08 bits per heavy atom. The fourth-order valence-electron chi connectivity index (χ4n) is 2.91. The number of rotatable bonds is 5. The van der Waals surface area contributed by atoms with Crippen molar-refractivity contribution in [2.75, 3.05) is 26.7 Å². The van der Waals surface area contributed by atoms with Crippen LogP contribution in [-0.2, 0) is 6.54 Å². The zero-order valence-corrected chi connectivity index (χ0v) is 15.1. The predicted octanol–water partition coefficient (Wildman–Crippen LogP) is 1.89. The fourth-order valence-corrected chi connectivity index (χ4v) is 3.60. The van der Waals surface area contributed by atoms with Crippen molar-refractivity contribution in [1.29, 1.82) is 0 Å². The lowest BCUT2D eigenvalue weighted by molar-refractivity contribution is 0.0700. The maximum Gasteiger partial charge on any atom is 0.317 e. The van der Waals surface area contributed by atoms with Gasteiger partial charge in [0.25, 0.3) is 5.91 Å². The standard InChI is InChI=1S/C17H23N5O2S/c1-20(9-10-21-8-6-18-13-21)17(24)19-14-4-2-7-22(12-14)16(23)15-5-3-11-25-15/h3,5-6,8,11,13-14H,2,4,7,9-10,12H2,1H3,(H,19,24)/t14-/m0/s1. The first-order valence-corrected chi connectivity index (χ1v) is 9.31. The van der Waals surface area contributed by atoms with Crippen molar-refractivity contribution in [2.45, 2.75) is 25.4 Å². The molecule has 1 N–H and O–H groups in total. The zero-order valence-electron chi connectivity index (χ0n) is 14.3. The maximum atomic E-state index is 12.5. The van der Waals surface area contributed by atoms with E-state index >= 15 is 0 Å². The highest BCUT2D eigenvalue weighted by atomic mass is 32.1. The second-order valence-corrected chi connectivity index (χ2v) is 7.19. The van der Waals surface area contributed by atoms with E-state index in [9.17, 15) is 9.59 Å². The molecule has 0 aliphatic carbocycles. The van der Waals surface area contributed by atoms with Gasteiger partial charge in [0.05, 0.1) is 11.2 Å². The Labute approximate surface area is 151 Å². The SMILES string of the molecule is CN(CCn1ccnc1)C(=O)N[C@H]1CCCN(C(=O)c2cccs2)C1. The molecule has 3 rings (SSSR count). The van der Waals surface area contributed by atoms with Crippen molar-refractivity contribution >= 4 is 23.3 Å². The zero-order chi connectivity index (χ0) is 17.6. The molecule has 7 nitrogen and oxygen atoms in total. The summed E-state index contributed by atoms with van der Waals surface area (Å²) in [5.41, 5.74) is 0. The summed E-state index contributed by atoms with van der Waals surface area (Å²) < 4.78 is 1.94. The lowest BCUT2D eigenvalue weighted by Gasteiger charge is -2.33. The van der Waals surface area contributed by atoms with Gasteiger partial charge in [0.15, 0.2) is 0 Å². The van der Waals surface area contributed by atoms with Gasteiger partial charge in [-0.1, -0.05) is 6.07 Å². The average Bonchev–Trinajstić information content (AvgIpc) is 3.32. The number of aromatic nitrogens is 2. The highest BCUT2D eigenvalue weighted by Crippen LogP contribution is 2.17. The van der Waals surface area contributed by atoms with Crippen LogP contribution in [0.5, 0.6) is 0 Å². The number of thiophene rings is 1. The van der Waals surface area contributed by atoms with Crippen molar-refractivity contribution in [1.82, 2.24) is 24.7 Å². The molecule has 0 radical (unpaired) electrons. The number of likely N-dealkylation sites (tertiary alicyclic amines) is 1. The van der Waals surface area contributed by atoms with Crippen LogP contribution < -0.4 is 5.32 Å². The quantitative estimate of drug-likeness (QED) is 0.884. The second-order valence-electron chi connectivity index (χ2n) is 6.24. The van der Waals surface area contributed by atoms with E-state index in [0.717, 1.165) is 24.3 Å². The van der Waals surface area contributed by atoms with Gasteiger partial charge in [-0.3, -0.25) is 4.79 Å². The molecule has 0 spiro atoms. The molecule has 3 heterocycles. The molecule has 8 heteroatoms. The molecular weight excluding hydrogens is 338 g/mol. The van der Waals surface area contributed by atoms with Gasteiger partial charge in [-0.2, -0.15) is 0 Å². The molecule has 1 fully saturated rings. The number of likely N-dealkylation sites (N-methyl/N-ethyl adjacent to an activating group) is 1. The Bertz CT molecular complexity index is 686. The normalized spacial score (nSPS) is 17.3. The van der Waals surface area contributed by atoms with Gasteiger partial charge < -0.3 is 19.7 Å². The summed E-state index contributed by atoms with van der Waals surface area (Å²) in [4.78, 5) is 33.1. The maximum absolute atomic E-state index is 12.5. The van der Waals surface area contributed by atoms with Gasteiger partial charge >= 0.3 is 6.03 Å². The van der Waals surface area contributed by atoms with E-state index in [1.165, 1.54) is 11.3 Å². The summed E-state index contributed by atoms with van der Waals surface area (Å²) in [6.45, 7) is 2.63. The van der Waals surface area contributed by atoms with Crippen LogP contribution in [-0.4, -0.2) is 64.0 Å². The summed E-state index contributed by atoms with van der Waals surface area (Å²) >= 11 is 1.46. The number of piperidine rings is 1. The number of hydrogen-bond donors (Lipinski definition) is 1. The molecule has 1 aliphatic rings. The Morgan fingerprint density at radius 1 is 1.48 bits per heavy atom. The van der Waals surface area contributed by atoms with Gasteiger partial charge in [0.1, 0.15) is 0 Å². The number of nitrogens with one attached hydrogen (secondary N) is 1. The van der Waals surface area contributed by atoms with Crippen molar-refractivity contribution in [3.05, 3.63) is 41.1 Å². The second kappa shape index (κ2) is 8.15. The highest BCUT2D eigenvalue weighted by Gasteiger charge is 2.26. The van der Waals surface area contributed by atoms with Gasteiger partial charge in [0.2, 0.25) is 0 Å². The van der Waals surface area contributed by atoms with Crippen molar-refractivity contribution in [2.24, 2.45) is 0 Å². The largest absolute Gasteiger partial charge is 0.336 e. The van der Waals surface area contributed by atoms with Gasteiger partial charge in [-0.25, -0.2) is 9.78 Å². The minimum atomic E-state index is -0.101. The van der Waals surface area contributed by atoms with Crippen LogP contribution in [0.4, 0.5) is 4.79 Å². The average molecular weight is 361 g/mol. The van der Waals surface area contributed by atoms with Crippen LogP contribution >= 0.6 is 11.3 Å². The predicted molar refractivity (Wildman–Crippen MR) is 96.6 cm³/mol. The highest BCUT2D eigenvalue weighted by molar-refractivity contribution is 7.12. The fraction of sp³-hybridized carbons (Fsp3) is 0.471. The van der Waals surface area contributed by atoms with Gasteiger partial charge in [-0.15, -0.1) is 11.3 Å². The third-order valence-corrected chi connectivity index (χ3v) is 5.23. The molecule has 0 bridgehead atoms. The Balaban J connectivity index is 1.48. The van der Waals surface area contributed by atoms with E-state index in [0.29, 0.717) is 19.6 Å². The minimum Gasteiger partial charge on any atom is -0.336 e. The molecule has 1 atom stereocenters. The van der Waals surface area contributed by atoms with Gasteiger partial charge in [-0.05, 0) is 24.3 Å². The van der Waals surface area contributed by atoms with Crippen LogP contribution in [0.3, 0.4) is 0 Å². The van der Waals surface area contributed by atoms with Crippen LogP contribution in [0.2, 0.25) is 0 Å². The molecule has 2 aromatic rings. The summed E-state index contributed by atoms with van der Waals surface area (Å²) in [7, 11) is 1.78. The first-order chi connectivity index (χ1) is 12.1. The van der Waals surface area contributed by atoms with E-state index in [2.05, 4.69) is 10.3 Å². The van der Waals surface area contributed by atoms with E-state index in [1.807, 2.05) is 33.2 Å². The van der Waals surface area contributed by atoms with E-state index in [4.69, 9.17) is 0 Å². The molecular formula is C17H23N5O2S. The number of imidazole rings is 1. The monoisotopic (exact) mass is 361 g/mol. The summed E-state index contributed by atoms with van der Waals surface area (Å²) in [6.07, 6.45) is 7.14. The van der Waals surface area contributed by atoms with Crippen molar-refractivity contribution in [3.8, 4) is 0 Å². The number of carbonyl (C=O) groups excluding carboxylic acids is 2. The number of nitrogens with zero attached hydrogens (tertiary/aromatic N) is 4. The molecule has 0 saturated carbocycles. The third kappa shape index (κ3) is 4.60. The smallest absolute Gasteiger partial charge is 0.317 e. The van der Waals surface area contributed by atoms with Crippen molar-refractivity contribution < 1.29 is 9.59 Å². The lowest BCUT2D eigenvalue weighted by atomic mass is 10.1. The molecule has 1 aliphatic heterocycles. The number of hydrogen-bond acceptors (Lipinski definition) is 4. The van der Waals surface area contributed by atoms with Crippen LogP contribution in [0.1, 0.15) is 22.5 Å². The number of urea groups is 1. The third-order valence-electron chi connectivity index (χ3n) is 4.37. The summed E-state index contributed by atoms with van der Waals surface area (Å²) in [6, 6.07) is 3.63. The molecule has 0 aromatic carbocycles. The molecule has 25 heavy (non-hydrogen) atoms.